The van der Waals surface area contributed by atoms with E-state index < -0.39 is 0 Å². The number of phenolic OH excluding ortho intramolecular Hbond substituents is 1. The van der Waals surface area contributed by atoms with Crippen LogP contribution in [-0.2, 0) is 18.2 Å². The van der Waals surface area contributed by atoms with E-state index in [9.17, 15) is 5.11 Å². The number of halogens is 1. The van der Waals surface area contributed by atoms with Crippen LogP contribution in [-0.4, -0.2) is 5.11 Å². The van der Waals surface area contributed by atoms with Gasteiger partial charge >= 0.3 is 0 Å². The van der Waals surface area contributed by atoms with Crippen molar-refractivity contribution < 1.29 is 5.11 Å². The Bertz CT molecular complexity index is 347. The van der Waals surface area contributed by atoms with E-state index in [1.54, 1.807) is 0 Å². The highest BCUT2D eigenvalue weighted by Crippen LogP contribution is 2.28. The molecular formula is C15H23BrO. The van der Waals surface area contributed by atoms with Gasteiger partial charge in [-0.2, -0.15) is 0 Å². The molecule has 0 aromatic heterocycles. The van der Waals surface area contributed by atoms with Gasteiger partial charge in [-0.3, -0.25) is 0 Å². The van der Waals surface area contributed by atoms with Crippen molar-refractivity contribution in [2.24, 2.45) is 0 Å². The molecule has 1 nitrogen and oxygen atoms in total. The first-order chi connectivity index (χ1) is 8.22. The number of hydrogen-bond donors (Lipinski definition) is 1. The molecule has 0 saturated heterocycles. The van der Waals surface area contributed by atoms with Gasteiger partial charge in [0.05, 0.1) is 0 Å². The number of alkyl halides is 1. The maximum Gasteiger partial charge on any atom is 0.122 e. The first-order valence-corrected chi connectivity index (χ1v) is 7.74. The van der Waals surface area contributed by atoms with E-state index in [0.29, 0.717) is 5.75 Å². The first-order valence-electron chi connectivity index (χ1n) is 6.62. The van der Waals surface area contributed by atoms with Crippen LogP contribution in [0.1, 0.15) is 56.2 Å². The summed E-state index contributed by atoms with van der Waals surface area (Å²) in [5.41, 5.74) is 3.52. The molecule has 0 saturated carbocycles. The second-order valence-electron chi connectivity index (χ2n) is 4.60. The molecule has 0 unspecified atom stereocenters. The van der Waals surface area contributed by atoms with Crippen molar-refractivity contribution >= 4 is 15.9 Å². The zero-order valence-electron chi connectivity index (χ0n) is 10.9. The number of rotatable bonds is 7. The Morgan fingerprint density at radius 3 is 2.18 bits per heavy atom. The summed E-state index contributed by atoms with van der Waals surface area (Å²) in [4.78, 5) is 0. The van der Waals surface area contributed by atoms with Gasteiger partial charge in [0.2, 0.25) is 0 Å². The predicted octanol–water partition coefficient (Wildman–Crippen LogP) is 4.97. The topological polar surface area (TPSA) is 20.2 Å². The van der Waals surface area contributed by atoms with Crippen LogP contribution in [0.2, 0.25) is 0 Å². The standard InChI is InChI=1S/C15H23BrO/c1-3-5-7-12-9-13(8-6-4-2)15(17)14(10-12)11-16/h9-10,17H,3-8,11H2,1-2H3. The fourth-order valence-corrected chi connectivity index (χ4v) is 2.44. The van der Waals surface area contributed by atoms with E-state index in [4.69, 9.17) is 0 Å². The molecule has 0 aliphatic heterocycles. The third kappa shape index (κ3) is 4.34. The largest absolute Gasteiger partial charge is 0.507 e. The van der Waals surface area contributed by atoms with Crippen LogP contribution in [0.3, 0.4) is 0 Å². The van der Waals surface area contributed by atoms with E-state index in [1.165, 1.54) is 24.8 Å². The number of phenols is 1. The molecule has 0 spiro atoms. The van der Waals surface area contributed by atoms with Crippen molar-refractivity contribution in [3.05, 3.63) is 28.8 Å². The number of aryl methyl sites for hydroxylation is 2. The maximum absolute atomic E-state index is 10.1. The molecule has 1 aromatic rings. The summed E-state index contributed by atoms with van der Waals surface area (Å²) in [7, 11) is 0. The second kappa shape index (κ2) is 7.75. The quantitative estimate of drug-likeness (QED) is 0.705. The van der Waals surface area contributed by atoms with Gasteiger partial charge in [-0.25, -0.2) is 0 Å². The molecule has 0 aliphatic carbocycles. The normalized spacial score (nSPS) is 10.8. The Morgan fingerprint density at radius 2 is 1.59 bits per heavy atom. The summed E-state index contributed by atoms with van der Waals surface area (Å²) in [5.74, 6) is 0.496. The summed E-state index contributed by atoms with van der Waals surface area (Å²) in [6.07, 6.45) is 6.86. The highest BCUT2D eigenvalue weighted by atomic mass is 79.9. The average molecular weight is 299 g/mol. The van der Waals surface area contributed by atoms with Crippen LogP contribution < -0.4 is 0 Å². The highest BCUT2D eigenvalue weighted by Gasteiger charge is 2.08. The fourth-order valence-electron chi connectivity index (χ4n) is 2.02. The Morgan fingerprint density at radius 1 is 1.00 bits per heavy atom. The van der Waals surface area contributed by atoms with Crippen LogP contribution in [0.25, 0.3) is 0 Å². The predicted molar refractivity (Wildman–Crippen MR) is 78.0 cm³/mol. The molecule has 0 bridgehead atoms. The van der Waals surface area contributed by atoms with Gasteiger partial charge in [0, 0.05) is 10.9 Å². The van der Waals surface area contributed by atoms with Crippen LogP contribution in [0, 0.1) is 0 Å². The number of benzene rings is 1. The lowest BCUT2D eigenvalue weighted by molar-refractivity contribution is 0.462. The molecule has 0 atom stereocenters. The Labute approximate surface area is 113 Å². The van der Waals surface area contributed by atoms with Crippen molar-refractivity contribution in [1.29, 1.82) is 0 Å². The molecule has 0 fully saturated rings. The Hall–Kier alpha value is -0.500. The Kier molecular flexibility index (Phi) is 6.64. The van der Waals surface area contributed by atoms with Crippen LogP contribution in [0.4, 0.5) is 0 Å². The van der Waals surface area contributed by atoms with E-state index in [0.717, 1.165) is 35.7 Å². The summed E-state index contributed by atoms with van der Waals surface area (Å²) in [6.45, 7) is 4.40. The van der Waals surface area contributed by atoms with Crippen molar-refractivity contribution in [1.82, 2.24) is 0 Å². The molecule has 0 amide bonds. The molecule has 0 radical (unpaired) electrons. The van der Waals surface area contributed by atoms with E-state index in [1.807, 2.05) is 0 Å². The molecule has 1 aromatic carbocycles. The van der Waals surface area contributed by atoms with Gasteiger partial charge < -0.3 is 5.11 Å². The number of hydrogen-bond acceptors (Lipinski definition) is 1. The minimum Gasteiger partial charge on any atom is -0.507 e. The third-order valence-corrected chi connectivity index (χ3v) is 3.69. The molecule has 17 heavy (non-hydrogen) atoms. The van der Waals surface area contributed by atoms with Crippen LogP contribution in [0.15, 0.2) is 12.1 Å². The number of unbranched alkanes of at least 4 members (excludes halogenated alkanes) is 2. The lowest BCUT2D eigenvalue weighted by atomic mass is 9.98. The highest BCUT2D eigenvalue weighted by molar-refractivity contribution is 9.08. The van der Waals surface area contributed by atoms with Crippen molar-refractivity contribution in [3.63, 3.8) is 0 Å². The summed E-state index contributed by atoms with van der Waals surface area (Å²) in [6, 6.07) is 4.32. The average Bonchev–Trinajstić information content (AvgIpc) is 2.35. The zero-order chi connectivity index (χ0) is 12.7. The zero-order valence-corrected chi connectivity index (χ0v) is 12.5. The lowest BCUT2D eigenvalue weighted by Gasteiger charge is -2.11. The first kappa shape index (κ1) is 14.6. The lowest BCUT2D eigenvalue weighted by Crippen LogP contribution is -1.95. The van der Waals surface area contributed by atoms with Crippen molar-refractivity contribution in [3.8, 4) is 5.75 Å². The van der Waals surface area contributed by atoms with Gasteiger partial charge in [0.25, 0.3) is 0 Å². The number of aromatic hydroxyl groups is 1. The molecule has 96 valence electrons. The summed E-state index contributed by atoms with van der Waals surface area (Å²) in [5, 5.41) is 10.9. The van der Waals surface area contributed by atoms with E-state index >= 15 is 0 Å². The van der Waals surface area contributed by atoms with Crippen LogP contribution in [0.5, 0.6) is 5.75 Å². The van der Waals surface area contributed by atoms with Gasteiger partial charge in [-0.1, -0.05) is 54.8 Å². The maximum atomic E-state index is 10.1. The molecule has 0 aliphatic rings. The van der Waals surface area contributed by atoms with Crippen molar-refractivity contribution in [2.45, 2.75) is 57.7 Å². The third-order valence-electron chi connectivity index (χ3n) is 3.09. The summed E-state index contributed by atoms with van der Waals surface area (Å²) >= 11 is 3.45. The minimum absolute atomic E-state index is 0.496. The molecule has 0 heterocycles. The fraction of sp³-hybridized carbons (Fsp3) is 0.600. The Balaban J connectivity index is 2.92. The van der Waals surface area contributed by atoms with Gasteiger partial charge in [0.15, 0.2) is 0 Å². The molecular weight excluding hydrogens is 276 g/mol. The van der Waals surface area contributed by atoms with Gasteiger partial charge in [0.1, 0.15) is 5.75 Å². The second-order valence-corrected chi connectivity index (χ2v) is 5.16. The van der Waals surface area contributed by atoms with Crippen molar-refractivity contribution in [2.75, 3.05) is 0 Å². The van der Waals surface area contributed by atoms with Gasteiger partial charge in [-0.15, -0.1) is 0 Å². The van der Waals surface area contributed by atoms with E-state index in [2.05, 4.69) is 41.9 Å². The summed E-state index contributed by atoms with van der Waals surface area (Å²) < 4.78 is 0. The smallest absolute Gasteiger partial charge is 0.122 e. The molecule has 1 N–H and O–H groups in total. The SMILES string of the molecule is CCCCc1cc(CBr)c(O)c(CCCC)c1. The van der Waals surface area contributed by atoms with Gasteiger partial charge in [-0.05, 0) is 36.8 Å². The van der Waals surface area contributed by atoms with E-state index in [-0.39, 0.29) is 0 Å². The monoisotopic (exact) mass is 298 g/mol. The molecule has 1 rings (SSSR count). The molecule has 2 heteroatoms. The van der Waals surface area contributed by atoms with Crippen LogP contribution >= 0.6 is 15.9 Å². The minimum atomic E-state index is 0.496.